The summed E-state index contributed by atoms with van der Waals surface area (Å²) in [5, 5.41) is 9.41. The molecule has 1 aliphatic rings. The van der Waals surface area contributed by atoms with E-state index in [1.54, 1.807) is 13.8 Å². The van der Waals surface area contributed by atoms with Gasteiger partial charge in [-0.25, -0.2) is 4.79 Å². The zero-order chi connectivity index (χ0) is 17.0. The second kappa shape index (κ2) is 7.07. The Morgan fingerprint density at radius 3 is 2.65 bits per heavy atom. The fraction of sp³-hybridized carbons (Fsp3) is 0.353. The highest BCUT2D eigenvalue weighted by Gasteiger charge is 2.35. The second-order valence-corrected chi connectivity index (χ2v) is 5.04. The third-order valence-electron chi connectivity index (χ3n) is 3.50. The number of ether oxygens (including phenoxy) is 1. The molecule has 1 atom stereocenters. The van der Waals surface area contributed by atoms with E-state index in [-0.39, 0.29) is 29.8 Å². The first-order valence-corrected chi connectivity index (χ1v) is 7.24. The number of hydrogen-bond donors (Lipinski definition) is 1. The molecule has 6 nitrogen and oxygen atoms in total. The Labute approximate surface area is 134 Å². The standard InChI is InChI=1S/C17H17NO5/c1-3-5-8-18-15(20)13-7-6-11(9-14(13)16(18)21)17(22)23-10-12(19)4-2/h6-7,9,12,19H,4,8,10H2,1-2H3. The molecule has 1 aromatic carbocycles. The SMILES string of the molecule is CC#CCN1C(=O)c2ccc(C(=O)OCC(O)CC)cc2C1=O. The summed E-state index contributed by atoms with van der Waals surface area (Å²) in [5.74, 6) is 3.76. The molecule has 120 valence electrons. The maximum Gasteiger partial charge on any atom is 0.338 e. The Balaban J connectivity index is 2.19. The second-order valence-electron chi connectivity index (χ2n) is 5.04. The van der Waals surface area contributed by atoms with Crippen molar-refractivity contribution in [3.8, 4) is 11.8 Å². The van der Waals surface area contributed by atoms with Crippen LogP contribution in [0.1, 0.15) is 51.3 Å². The number of hydrogen-bond acceptors (Lipinski definition) is 5. The van der Waals surface area contributed by atoms with Gasteiger partial charge in [-0.2, -0.15) is 0 Å². The number of imide groups is 1. The van der Waals surface area contributed by atoms with Crippen LogP contribution < -0.4 is 0 Å². The third-order valence-corrected chi connectivity index (χ3v) is 3.50. The van der Waals surface area contributed by atoms with E-state index in [2.05, 4.69) is 11.8 Å². The topological polar surface area (TPSA) is 83.9 Å². The lowest BCUT2D eigenvalue weighted by atomic mass is 10.1. The van der Waals surface area contributed by atoms with Crippen LogP contribution in [-0.4, -0.2) is 47.0 Å². The van der Waals surface area contributed by atoms with E-state index >= 15 is 0 Å². The average molecular weight is 315 g/mol. The van der Waals surface area contributed by atoms with Crippen LogP contribution in [0.3, 0.4) is 0 Å². The van der Waals surface area contributed by atoms with Crippen LogP contribution in [-0.2, 0) is 4.74 Å². The zero-order valence-corrected chi connectivity index (χ0v) is 13.0. The lowest BCUT2D eigenvalue weighted by molar-refractivity contribution is 0.0250. The van der Waals surface area contributed by atoms with Crippen LogP contribution in [0.25, 0.3) is 0 Å². The van der Waals surface area contributed by atoms with Crippen LogP contribution in [0.15, 0.2) is 18.2 Å². The van der Waals surface area contributed by atoms with Gasteiger partial charge in [0, 0.05) is 0 Å². The first kappa shape index (κ1) is 16.7. The van der Waals surface area contributed by atoms with Gasteiger partial charge in [-0.1, -0.05) is 12.8 Å². The number of carbonyl (C=O) groups is 3. The molecular weight excluding hydrogens is 298 g/mol. The molecule has 0 bridgehead atoms. The van der Waals surface area contributed by atoms with Crippen molar-refractivity contribution in [2.45, 2.75) is 26.4 Å². The maximum atomic E-state index is 12.2. The fourth-order valence-electron chi connectivity index (χ4n) is 2.09. The van der Waals surface area contributed by atoms with Crippen LogP contribution >= 0.6 is 0 Å². The van der Waals surface area contributed by atoms with Gasteiger partial charge in [-0.15, -0.1) is 5.92 Å². The molecule has 2 rings (SSSR count). The lowest BCUT2D eigenvalue weighted by Gasteiger charge is -2.09. The zero-order valence-electron chi connectivity index (χ0n) is 13.0. The Bertz CT molecular complexity index is 713. The summed E-state index contributed by atoms with van der Waals surface area (Å²) in [6.07, 6.45) is -0.252. The van der Waals surface area contributed by atoms with E-state index in [0.29, 0.717) is 6.42 Å². The van der Waals surface area contributed by atoms with Gasteiger partial charge in [0.05, 0.1) is 29.3 Å². The highest BCUT2D eigenvalue weighted by Crippen LogP contribution is 2.24. The summed E-state index contributed by atoms with van der Waals surface area (Å²) in [6.45, 7) is 3.30. The van der Waals surface area contributed by atoms with Crippen molar-refractivity contribution in [3.05, 3.63) is 34.9 Å². The normalized spacial score (nSPS) is 14.1. The quantitative estimate of drug-likeness (QED) is 0.502. The van der Waals surface area contributed by atoms with Crippen molar-refractivity contribution in [2.75, 3.05) is 13.2 Å². The molecule has 0 saturated heterocycles. The van der Waals surface area contributed by atoms with Crippen molar-refractivity contribution in [1.29, 1.82) is 0 Å². The molecule has 0 aliphatic carbocycles. The summed E-state index contributed by atoms with van der Waals surface area (Å²) in [4.78, 5) is 37.4. The predicted molar refractivity (Wildman–Crippen MR) is 81.8 cm³/mol. The van der Waals surface area contributed by atoms with Crippen LogP contribution in [0.4, 0.5) is 0 Å². The van der Waals surface area contributed by atoms with Crippen LogP contribution in [0, 0.1) is 11.8 Å². The van der Waals surface area contributed by atoms with Gasteiger partial charge in [0.2, 0.25) is 0 Å². The van der Waals surface area contributed by atoms with E-state index in [0.717, 1.165) is 4.90 Å². The molecule has 2 amide bonds. The van der Waals surface area contributed by atoms with Crippen molar-refractivity contribution in [1.82, 2.24) is 4.90 Å². The Morgan fingerprint density at radius 2 is 2.00 bits per heavy atom. The van der Waals surface area contributed by atoms with Crippen molar-refractivity contribution in [3.63, 3.8) is 0 Å². The van der Waals surface area contributed by atoms with E-state index in [4.69, 9.17) is 4.74 Å². The highest BCUT2D eigenvalue weighted by molar-refractivity contribution is 6.22. The average Bonchev–Trinajstić information content (AvgIpc) is 2.81. The molecule has 0 saturated carbocycles. The molecule has 1 aromatic rings. The van der Waals surface area contributed by atoms with E-state index in [1.165, 1.54) is 18.2 Å². The Kier molecular flexibility index (Phi) is 5.14. The maximum absolute atomic E-state index is 12.2. The monoisotopic (exact) mass is 315 g/mol. The number of nitrogens with zero attached hydrogens (tertiary/aromatic N) is 1. The number of aliphatic hydroxyl groups is 1. The molecule has 1 N–H and O–H groups in total. The van der Waals surface area contributed by atoms with Crippen LogP contribution in [0.5, 0.6) is 0 Å². The Morgan fingerprint density at radius 1 is 1.30 bits per heavy atom. The summed E-state index contributed by atoms with van der Waals surface area (Å²) in [5.41, 5.74) is 0.577. The predicted octanol–water partition coefficient (Wildman–Crippen LogP) is 1.23. The van der Waals surface area contributed by atoms with Crippen molar-refractivity contribution in [2.24, 2.45) is 0 Å². The molecule has 1 unspecified atom stereocenters. The lowest BCUT2D eigenvalue weighted by Crippen LogP contribution is -2.29. The van der Waals surface area contributed by atoms with Gasteiger partial charge in [0.25, 0.3) is 11.8 Å². The van der Waals surface area contributed by atoms with Gasteiger partial charge in [0.1, 0.15) is 6.61 Å². The van der Waals surface area contributed by atoms with E-state index in [9.17, 15) is 19.5 Å². The first-order valence-electron chi connectivity index (χ1n) is 7.24. The largest absolute Gasteiger partial charge is 0.459 e. The minimum atomic E-state index is -0.723. The molecule has 0 radical (unpaired) electrons. The molecule has 6 heteroatoms. The number of carbonyl (C=O) groups excluding carboxylic acids is 3. The number of esters is 1. The van der Waals surface area contributed by atoms with Crippen molar-refractivity contribution >= 4 is 17.8 Å². The van der Waals surface area contributed by atoms with Crippen molar-refractivity contribution < 1.29 is 24.2 Å². The van der Waals surface area contributed by atoms with Gasteiger partial charge in [-0.3, -0.25) is 14.5 Å². The van der Waals surface area contributed by atoms with Gasteiger partial charge in [0.15, 0.2) is 0 Å². The minimum Gasteiger partial charge on any atom is -0.459 e. The van der Waals surface area contributed by atoms with Gasteiger partial charge < -0.3 is 9.84 Å². The fourth-order valence-corrected chi connectivity index (χ4v) is 2.09. The number of fused-ring (bicyclic) bond motifs is 1. The van der Waals surface area contributed by atoms with E-state index < -0.39 is 23.9 Å². The molecule has 23 heavy (non-hydrogen) atoms. The summed E-state index contributed by atoms with van der Waals surface area (Å²) in [6, 6.07) is 4.21. The highest BCUT2D eigenvalue weighted by atomic mass is 16.5. The number of amides is 2. The molecule has 0 spiro atoms. The smallest absolute Gasteiger partial charge is 0.338 e. The number of aliphatic hydroxyl groups excluding tert-OH is 1. The summed E-state index contributed by atoms with van der Waals surface area (Å²) >= 11 is 0. The number of rotatable bonds is 5. The van der Waals surface area contributed by atoms with Gasteiger partial charge in [-0.05, 0) is 31.5 Å². The minimum absolute atomic E-state index is 0.0192. The summed E-state index contributed by atoms with van der Waals surface area (Å²) < 4.78 is 4.97. The first-order chi connectivity index (χ1) is 11.0. The molecule has 0 aromatic heterocycles. The van der Waals surface area contributed by atoms with Gasteiger partial charge >= 0.3 is 5.97 Å². The molecular formula is C17H17NO5. The van der Waals surface area contributed by atoms with E-state index in [1.807, 2.05) is 0 Å². The number of benzene rings is 1. The Hall–Kier alpha value is -2.65. The molecule has 1 heterocycles. The molecule has 0 fully saturated rings. The third kappa shape index (κ3) is 3.41. The molecule has 1 aliphatic heterocycles. The van der Waals surface area contributed by atoms with Crippen LogP contribution in [0.2, 0.25) is 0 Å². The summed E-state index contributed by atoms with van der Waals surface area (Å²) in [7, 11) is 0.